The lowest BCUT2D eigenvalue weighted by Gasteiger charge is -2.23. The van der Waals surface area contributed by atoms with E-state index < -0.39 is 83.5 Å². The van der Waals surface area contributed by atoms with Crippen LogP contribution in [0.25, 0.3) is 0 Å². The maximum Gasteiger partial charge on any atom is 0.423 e. The van der Waals surface area contributed by atoms with Crippen LogP contribution in [0.1, 0.15) is 23.6 Å². The number of nitrogens with one attached hydrogen (secondary N) is 1. The Morgan fingerprint density at radius 3 is 1.81 bits per heavy atom. The average molecular weight is 568 g/mol. The van der Waals surface area contributed by atoms with Crippen LogP contribution in [0.5, 0.6) is 0 Å². The van der Waals surface area contributed by atoms with Crippen molar-refractivity contribution in [3.05, 3.63) is 63.2 Å². The van der Waals surface area contributed by atoms with Crippen LogP contribution in [0.3, 0.4) is 0 Å². The number of anilines is 1. The normalized spacial score (nSPS) is 14.7. The number of sulfone groups is 1. The van der Waals surface area contributed by atoms with Gasteiger partial charge in [-0.1, -0.05) is 0 Å². The van der Waals surface area contributed by atoms with Gasteiger partial charge < -0.3 is 10.4 Å². The lowest BCUT2D eigenvalue weighted by Crippen LogP contribution is -2.45. The molecule has 8 nitrogen and oxygen atoms in total. The number of rotatable bonds is 6. The second kappa shape index (κ2) is 9.47. The third kappa shape index (κ3) is 7.09. The molecule has 0 saturated heterocycles. The van der Waals surface area contributed by atoms with Crippen LogP contribution in [0.2, 0.25) is 0 Å². The van der Waals surface area contributed by atoms with Gasteiger partial charge >= 0.3 is 18.5 Å². The van der Waals surface area contributed by atoms with Crippen molar-refractivity contribution >= 4 is 27.1 Å². The molecule has 0 spiro atoms. The van der Waals surface area contributed by atoms with Gasteiger partial charge in [-0.05, 0) is 37.3 Å². The molecule has 0 aliphatic carbocycles. The predicted octanol–water partition coefficient (Wildman–Crippen LogP) is 4.81. The number of nitro groups is 1. The molecule has 0 aliphatic heterocycles. The summed E-state index contributed by atoms with van der Waals surface area (Å²) in [5.41, 5.74) is -11.1. The third-order valence-corrected chi connectivity index (χ3v) is 6.53. The lowest BCUT2D eigenvalue weighted by molar-refractivity contribution is -0.388. The van der Waals surface area contributed by atoms with Crippen molar-refractivity contribution in [2.45, 2.75) is 35.9 Å². The molecule has 2 N–H and O–H groups in total. The van der Waals surface area contributed by atoms with Crippen molar-refractivity contribution in [1.82, 2.24) is 0 Å². The number of alkyl halides is 9. The highest BCUT2D eigenvalue weighted by Gasteiger charge is 2.42. The number of halogens is 9. The van der Waals surface area contributed by atoms with Crippen molar-refractivity contribution in [1.29, 1.82) is 0 Å². The van der Waals surface area contributed by atoms with Gasteiger partial charge in [0.05, 0.1) is 26.7 Å². The number of nitro benzene ring substituents is 1. The van der Waals surface area contributed by atoms with Crippen LogP contribution in [-0.4, -0.2) is 35.7 Å². The Morgan fingerprint density at radius 1 is 0.919 bits per heavy atom. The van der Waals surface area contributed by atoms with Crippen LogP contribution in [0.4, 0.5) is 50.9 Å². The summed E-state index contributed by atoms with van der Waals surface area (Å²) in [6.45, 7) is 0.480. The Kier molecular flexibility index (Phi) is 7.64. The minimum Gasteiger partial charge on any atom is -0.379 e. The predicted molar refractivity (Wildman–Crippen MR) is 106 cm³/mol. The molecule has 0 saturated carbocycles. The van der Waals surface area contributed by atoms with Gasteiger partial charge in [0.2, 0.25) is 0 Å². The summed E-state index contributed by atoms with van der Waals surface area (Å²) in [6, 6.07) is 0.415. The zero-order valence-corrected chi connectivity index (χ0v) is 18.7. The Morgan fingerprint density at radius 2 is 1.41 bits per heavy atom. The molecule has 2 aromatic carbocycles. The molecule has 0 aromatic heterocycles. The number of carbonyl (C=O) groups excluding carboxylic acids is 1. The van der Waals surface area contributed by atoms with Crippen molar-refractivity contribution in [2.24, 2.45) is 0 Å². The molecule has 204 valence electrons. The molecule has 0 heterocycles. The summed E-state index contributed by atoms with van der Waals surface area (Å²) in [7, 11) is -5.25. The van der Waals surface area contributed by atoms with Gasteiger partial charge in [-0.3, -0.25) is 14.9 Å². The van der Waals surface area contributed by atoms with Crippen LogP contribution in [0, 0.1) is 10.1 Å². The summed E-state index contributed by atoms with van der Waals surface area (Å²) >= 11 is 0. The largest absolute Gasteiger partial charge is 0.423 e. The van der Waals surface area contributed by atoms with Crippen molar-refractivity contribution in [3.63, 3.8) is 0 Å². The Hall–Kier alpha value is -3.41. The van der Waals surface area contributed by atoms with Gasteiger partial charge in [0.1, 0.15) is 5.56 Å². The second-order valence-electron chi connectivity index (χ2n) is 7.72. The monoisotopic (exact) mass is 568 g/mol. The van der Waals surface area contributed by atoms with Gasteiger partial charge in [0.25, 0.3) is 11.6 Å². The highest BCUT2D eigenvalue weighted by molar-refractivity contribution is 7.91. The van der Waals surface area contributed by atoms with Crippen molar-refractivity contribution in [3.8, 4) is 0 Å². The van der Waals surface area contributed by atoms with E-state index in [1.165, 1.54) is 0 Å². The molecule has 1 amide bonds. The van der Waals surface area contributed by atoms with E-state index in [1.807, 2.05) is 0 Å². The maximum absolute atomic E-state index is 13.1. The summed E-state index contributed by atoms with van der Waals surface area (Å²) < 4.78 is 143. The fourth-order valence-corrected chi connectivity index (χ4v) is 4.54. The number of carbonyl (C=O) groups is 1. The molecule has 2 rings (SSSR count). The number of nitrogens with zero attached hydrogens (tertiary/aromatic N) is 1. The van der Waals surface area contributed by atoms with Crippen LogP contribution in [-0.2, 0) is 33.2 Å². The molecule has 0 bridgehead atoms. The molecule has 1 unspecified atom stereocenters. The third-order valence-electron chi connectivity index (χ3n) is 4.64. The Balaban J connectivity index is 2.43. The molecule has 0 aliphatic rings. The Bertz CT molecular complexity index is 1300. The zero-order valence-electron chi connectivity index (χ0n) is 17.9. The number of benzene rings is 2. The van der Waals surface area contributed by atoms with Gasteiger partial charge in [-0.25, -0.2) is 8.42 Å². The molecular formula is C19H13F9N2O6S. The van der Waals surface area contributed by atoms with Crippen LogP contribution < -0.4 is 5.32 Å². The zero-order chi connectivity index (χ0) is 28.8. The fraction of sp³-hybridized carbons (Fsp3) is 0.316. The summed E-state index contributed by atoms with van der Waals surface area (Å²) in [5, 5.41) is 22.8. The molecule has 0 radical (unpaired) electrons. The molecule has 1 atom stereocenters. The second-order valence-corrected chi connectivity index (χ2v) is 9.71. The van der Waals surface area contributed by atoms with Crippen molar-refractivity contribution < 1.29 is 62.8 Å². The Labute approximate surface area is 200 Å². The topological polar surface area (TPSA) is 127 Å². The van der Waals surface area contributed by atoms with Crippen molar-refractivity contribution in [2.75, 3.05) is 11.1 Å². The fourth-order valence-electron chi connectivity index (χ4n) is 2.89. The quantitative estimate of drug-likeness (QED) is 0.293. The number of hydrogen-bond acceptors (Lipinski definition) is 6. The first-order valence-corrected chi connectivity index (χ1v) is 11.0. The highest BCUT2D eigenvalue weighted by atomic mass is 32.2. The summed E-state index contributed by atoms with van der Waals surface area (Å²) in [4.78, 5) is 20.3. The summed E-state index contributed by atoms with van der Waals surface area (Å²) in [5.74, 6) is -3.52. The van der Waals surface area contributed by atoms with E-state index >= 15 is 0 Å². The number of amides is 1. The molecule has 2 aromatic rings. The first kappa shape index (κ1) is 29.8. The molecule has 37 heavy (non-hydrogen) atoms. The number of hydrogen-bond donors (Lipinski definition) is 2. The highest BCUT2D eigenvalue weighted by Crippen LogP contribution is 2.39. The first-order valence-electron chi connectivity index (χ1n) is 9.37. The average Bonchev–Trinajstić information content (AvgIpc) is 2.70. The van der Waals surface area contributed by atoms with Gasteiger partial charge in [0.15, 0.2) is 15.4 Å². The van der Waals surface area contributed by atoms with E-state index in [-0.39, 0.29) is 24.3 Å². The minimum absolute atomic E-state index is 0.100. The molecule has 18 heteroatoms. The van der Waals surface area contributed by atoms with Crippen LogP contribution in [0.15, 0.2) is 41.3 Å². The molecule has 0 fully saturated rings. The van der Waals surface area contributed by atoms with E-state index in [2.05, 4.69) is 0 Å². The SMILES string of the molecule is CC(O)(CS(=O)(=O)c1cc(C(F)(F)F)cc(C(F)(F)F)c1)C(=O)Nc1ccc([N+](=O)[O-])c(C(F)(F)F)c1. The van der Waals surface area contributed by atoms with E-state index in [1.54, 1.807) is 5.32 Å². The summed E-state index contributed by atoms with van der Waals surface area (Å²) in [6.07, 6.45) is -16.1. The van der Waals surface area contributed by atoms with Crippen LogP contribution >= 0.6 is 0 Å². The van der Waals surface area contributed by atoms with Gasteiger partial charge in [0, 0.05) is 11.8 Å². The minimum atomic E-state index is -5.41. The maximum atomic E-state index is 13.1. The standard InChI is InChI=1S/C19H13F9N2O6S/c1-16(32,15(31)29-11-2-3-14(30(33)34)13(7-11)19(26,27)28)8-37(35,36)12-5-9(17(20,21)22)4-10(6-12)18(23,24)25/h2-7,32H,8H2,1H3,(H,29,31). The smallest absolute Gasteiger partial charge is 0.379 e. The molecular weight excluding hydrogens is 555 g/mol. The van der Waals surface area contributed by atoms with Gasteiger partial charge in [-0.2, -0.15) is 39.5 Å². The van der Waals surface area contributed by atoms with E-state index in [0.717, 1.165) is 0 Å². The number of aliphatic hydroxyl groups is 1. The van der Waals surface area contributed by atoms with E-state index in [9.17, 15) is 67.9 Å². The van der Waals surface area contributed by atoms with E-state index in [4.69, 9.17) is 0 Å². The van der Waals surface area contributed by atoms with Gasteiger partial charge in [-0.15, -0.1) is 0 Å². The lowest BCUT2D eigenvalue weighted by atomic mass is 10.1. The first-order chi connectivity index (χ1) is 16.4. The van der Waals surface area contributed by atoms with E-state index in [0.29, 0.717) is 19.1 Å².